The summed E-state index contributed by atoms with van der Waals surface area (Å²) in [5.74, 6) is 0. The highest BCUT2D eigenvalue weighted by atomic mass is 31.0. The van der Waals surface area contributed by atoms with Crippen molar-refractivity contribution < 1.29 is 4.57 Å². The monoisotopic (exact) mass is 268 g/mol. The van der Waals surface area contributed by atoms with Crippen LogP contribution in [0.1, 0.15) is 19.8 Å². The van der Waals surface area contributed by atoms with E-state index in [-0.39, 0.29) is 0 Å². The molecule has 96 valence electrons. The predicted molar refractivity (Wildman–Crippen MR) is 84.0 cm³/mol. The lowest BCUT2D eigenvalue weighted by atomic mass is 10.2. The summed E-state index contributed by atoms with van der Waals surface area (Å²) in [4.78, 5) is 0. The maximum atomic E-state index is 2.52. The van der Waals surface area contributed by atoms with Crippen molar-refractivity contribution in [3.05, 3.63) is 54.6 Å². The molecule has 0 N–H and O–H groups in total. The van der Waals surface area contributed by atoms with Gasteiger partial charge in [0.1, 0.15) is 6.54 Å². The molecule has 3 aromatic rings. The molecule has 0 radical (unpaired) electrons. The Hall–Kier alpha value is -1.59. The number of unbranched alkanes of at least 4 members (excludes halogenated alkanes) is 1. The first-order chi connectivity index (χ1) is 9.40. The lowest BCUT2D eigenvalue weighted by Crippen LogP contribution is -2.34. The second-order valence-corrected chi connectivity index (χ2v) is 6.12. The summed E-state index contributed by atoms with van der Waals surface area (Å²) >= 11 is 0. The lowest BCUT2D eigenvalue weighted by Gasteiger charge is -1.99. The van der Waals surface area contributed by atoms with E-state index < -0.39 is 0 Å². The molecule has 0 aliphatic carbocycles. The van der Waals surface area contributed by atoms with Gasteiger partial charge in [-0.25, -0.2) is 0 Å². The zero-order chi connectivity index (χ0) is 13.1. The number of fused-ring (bicyclic) bond motifs is 1. The fourth-order valence-corrected chi connectivity index (χ4v) is 3.96. The molecule has 2 heteroatoms. The van der Waals surface area contributed by atoms with Gasteiger partial charge < -0.3 is 0 Å². The summed E-state index contributed by atoms with van der Waals surface area (Å²) < 4.78 is 2.52. The quantitative estimate of drug-likeness (QED) is 0.608. The van der Waals surface area contributed by atoms with Crippen molar-refractivity contribution >= 4 is 18.8 Å². The van der Waals surface area contributed by atoms with Crippen LogP contribution in [0.4, 0.5) is 0 Å². The average Bonchev–Trinajstić information content (AvgIpc) is 2.85. The summed E-state index contributed by atoms with van der Waals surface area (Å²) in [6, 6.07) is 19.6. The number of aryl methyl sites for hydroxylation is 1. The first kappa shape index (κ1) is 12.4. The Morgan fingerprint density at radius 3 is 2.47 bits per heavy atom. The minimum Gasteiger partial charge on any atom is -0.188 e. The summed E-state index contributed by atoms with van der Waals surface area (Å²) in [6.07, 6.45) is 2.49. The molecule has 3 rings (SSSR count). The van der Waals surface area contributed by atoms with Gasteiger partial charge in [-0.3, -0.25) is 0 Å². The SMILES string of the molecule is CCCC[n+]1c(-c2ccccc2)[pH]c2ccccc21. The van der Waals surface area contributed by atoms with Gasteiger partial charge >= 0.3 is 0 Å². The van der Waals surface area contributed by atoms with Gasteiger partial charge in [-0.15, -0.1) is 0 Å². The van der Waals surface area contributed by atoms with E-state index in [1.54, 1.807) is 0 Å². The van der Waals surface area contributed by atoms with E-state index in [2.05, 4.69) is 66.1 Å². The first-order valence-corrected chi connectivity index (χ1v) is 7.96. The van der Waals surface area contributed by atoms with Crippen molar-refractivity contribution in [3.63, 3.8) is 0 Å². The van der Waals surface area contributed by atoms with Crippen LogP contribution in [0.5, 0.6) is 0 Å². The molecule has 1 heterocycles. The molecule has 0 saturated heterocycles. The number of hydrogen-bond donors (Lipinski definition) is 0. The van der Waals surface area contributed by atoms with Crippen LogP contribution in [0.25, 0.3) is 21.6 Å². The molecular weight excluding hydrogens is 249 g/mol. The van der Waals surface area contributed by atoms with Crippen molar-refractivity contribution in [3.8, 4) is 11.0 Å². The van der Waals surface area contributed by atoms with Gasteiger partial charge in [-0.1, -0.05) is 43.7 Å². The molecule has 2 aromatic carbocycles. The number of benzene rings is 2. The molecular formula is C17H19NP+. The molecule has 0 bridgehead atoms. The smallest absolute Gasteiger partial charge is 0.188 e. The Morgan fingerprint density at radius 2 is 1.68 bits per heavy atom. The van der Waals surface area contributed by atoms with E-state index in [4.69, 9.17) is 0 Å². The maximum absolute atomic E-state index is 2.52. The third kappa shape index (κ3) is 2.43. The van der Waals surface area contributed by atoms with Crippen molar-refractivity contribution in [2.45, 2.75) is 26.3 Å². The van der Waals surface area contributed by atoms with E-state index in [1.165, 1.54) is 34.5 Å². The van der Waals surface area contributed by atoms with Gasteiger partial charge in [0, 0.05) is 18.1 Å². The van der Waals surface area contributed by atoms with Gasteiger partial charge in [0.25, 0.3) is 0 Å². The van der Waals surface area contributed by atoms with Crippen LogP contribution in [0.15, 0.2) is 54.6 Å². The second kappa shape index (κ2) is 5.59. The van der Waals surface area contributed by atoms with Crippen LogP contribution in [0.2, 0.25) is 0 Å². The molecule has 1 atom stereocenters. The Morgan fingerprint density at radius 1 is 0.947 bits per heavy atom. The zero-order valence-electron chi connectivity index (χ0n) is 11.3. The number of rotatable bonds is 4. The Bertz CT molecular complexity index is 670. The minimum atomic E-state index is 0.782. The first-order valence-electron chi connectivity index (χ1n) is 6.96. The van der Waals surface area contributed by atoms with Gasteiger partial charge in [-0.2, -0.15) is 4.57 Å². The average molecular weight is 268 g/mol. The van der Waals surface area contributed by atoms with Crippen LogP contribution in [-0.4, -0.2) is 0 Å². The van der Waals surface area contributed by atoms with E-state index in [1.807, 2.05) is 0 Å². The van der Waals surface area contributed by atoms with Gasteiger partial charge in [0.2, 0.25) is 10.9 Å². The largest absolute Gasteiger partial charge is 0.227 e. The topological polar surface area (TPSA) is 3.88 Å². The van der Waals surface area contributed by atoms with Crippen LogP contribution in [0.3, 0.4) is 0 Å². The molecule has 0 saturated carbocycles. The van der Waals surface area contributed by atoms with E-state index >= 15 is 0 Å². The summed E-state index contributed by atoms with van der Waals surface area (Å²) in [7, 11) is 0.782. The normalized spacial score (nSPS) is 11.4. The predicted octanol–water partition coefficient (Wildman–Crippen LogP) is 4.63. The van der Waals surface area contributed by atoms with Crippen molar-refractivity contribution in [1.82, 2.24) is 0 Å². The molecule has 0 spiro atoms. The summed E-state index contributed by atoms with van der Waals surface area (Å²) in [6.45, 7) is 3.39. The molecule has 1 unspecified atom stereocenters. The van der Waals surface area contributed by atoms with Crippen LogP contribution in [-0.2, 0) is 6.54 Å². The Balaban J connectivity index is 2.17. The van der Waals surface area contributed by atoms with Crippen molar-refractivity contribution in [2.75, 3.05) is 0 Å². The highest BCUT2D eigenvalue weighted by molar-refractivity contribution is 7.40. The fraction of sp³-hybridized carbons (Fsp3) is 0.235. The molecule has 1 nitrogen and oxygen atoms in total. The summed E-state index contributed by atoms with van der Waals surface area (Å²) in [5, 5.41) is 1.48. The van der Waals surface area contributed by atoms with Gasteiger partial charge in [0.15, 0.2) is 0 Å². The fourth-order valence-electron chi connectivity index (χ4n) is 2.50. The number of hydrogen-bond acceptors (Lipinski definition) is 0. The lowest BCUT2D eigenvalue weighted by molar-refractivity contribution is -0.657. The van der Waals surface area contributed by atoms with Crippen molar-refractivity contribution in [2.24, 2.45) is 0 Å². The number of aromatic nitrogens is 1. The molecule has 19 heavy (non-hydrogen) atoms. The summed E-state index contributed by atoms with van der Waals surface area (Å²) in [5.41, 5.74) is 4.26. The van der Waals surface area contributed by atoms with Crippen LogP contribution < -0.4 is 4.57 Å². The van der Waals surface area contributed by atoms with Crippen molar-refractivity contribution in [1.29, 1.82) is 0 Å². The molecule has 0 amide bonds. The van der Waals surface area contributed by atoms with Crippen LogP contribution >= 0.6 is 8.19 Å². The Kier molecular flexibility index (Phi) is 3.66. The molecule has 0 fully saturated rings. The van der Waals surface area contributed by atoms with Gasteiger partial charge in [0.05, 0.1) is 5.12 Å². The third-order valence-corrected chi connectivity index (χ3v) is 4.99. The molecule has 0 aliphatic heterocycles. The minimum absolute atomic E-state index is 0.782. The standard InChI is InChI=1S/C17H19NP/c1-2-3-13-18-15-11-7-8-12-16(15)19-17(18)14-9-5-4-6-10-14/h4-12,19H,2-3,13H2,1H3/q+1. The second-order valence-electron chi connectivity index (χ2n) is 4.86. The zero-order valence-corrected chi connectivity index (χ0v) is 12.3. The third-order valence-electron chi connectivity index (χ3n) is 3.50. The highest BCUT2D eigenvalue weighted by Gasteiger charge is 2.19. The van der Waals surface area contributed by atoms with E-state index in [9.17, 15) is 0 Å². The number of para-hydroxylation sites is 1. The van der Waals surface area contributed by atoms with Crippen LogP contribution in [0, 0.1) is 0 Å². The van der Waals surface area contributed by atoms with E-state index in [0.717, 1.165) is 14.7 Å². The molecule has 0 aliphatic rings. The van der Waals surface area contributed by atoms with Gasteiger partial charge in [-0.05, 0) is 26.4 Å². The Labute approximate surface area is 116 Å². The van der Waals surface area contributed by atoms with E-state index in [0.29, 0.717) is 0 Å². The molecule has 1 aromatic heterocycles. The highest BCUT2D eigenvalue weighted by Crippen LogP contribution is 2.32. The maximum Gasteiger partial charge on any atom is 0.227 e. The number of nitrogens with zero attached hydrogens (tertiary/aromatic N) is 1.